The molecule has 0 N–H and O–H groups in total. The molecule has 0 atom stereocenters. The maximum absolute atomic E-state index is 13.2. The van der Waals surface area contributed by atoms with Crippen LogP contribution in [0, 0.1) is 0 Å². The van der Waals surface area contributed by atoms with Crippen molar-refractivity contribution in [3.8, 4) is 11.1 Å². The molecule has 3 aromatic heterocycles. The summed E-state index contributed by atoms with van der Waals surface area (Å²) in [7, 11) is -6.53. The number of hydrogen-bond acceptors (Lipinski definition) is 9. The van der Waals surface area contributed by atoms with Gasteiger partial charge in [0.25, 0.3) is 15.2 Å². The van der Waals surface area contributed by atoms with E-state index in [1.165, 1.54) is 29.1 Å². The first-order valence-electron chi connectivity index (χ1n) is 10.5. The van der Waals surface area contributed by atoms with Crippen LogP contribution in [0.5, 0.6) is 0 Å². The van der Waals surface area contributed by atoms with Crippen molar-refractivity contribution >= 4 is 42.1 Å². The van der Waals surface area contributed by atoms with Gasteiger partial charge < -0.3 is 4.57 Å². The summed E-state index contributed by atoms with van der Waals surface area (Å²) >= 11 is 0. The van der Waals surface area contributed by atoms with E-state index in [9.17, 15) is 16.8 Å². The Kier molecular flexibility index (Phi) is 4.77. The second-order valence-electron chi connectivity index (χ2n) is 7.86. The Morgan fingerprint density at radius 2 is 1.22 bits per heavy atom. The third kappa shape index (κ3) is 3.15. The highest BCUT2D eigenvalue weighted by atomic mass is 32.2. The van der Waals surface area contributed by atoms with Gasteiger partial charge in [0.2, 0.25) is 0 Å². The Labute approximate surface area is 204 Å². The number of aryl methyl sites for hydroxylation is 1. The zero-order chi connectivity index (χ0) is 25.1. The van der Waals surface area contributed by atoms with Gasteiger partial charge in [0.1, 0.15) is 22.1 Å². The molecule has 0 aliphatic rings. The molecule has 36 heavy (non-hydrogen) atoms. The number of benzene rings is 3. The van der Waals surface area contributed by atoms with Gasteiger partial charge in [0, 0.05) is 30.6 Å². The largest absolute Gasteiger partial charge is 0.323 e. The minimum absolute atomic E-state index is 0.0757. The molecule has 0 spiro atoms. The Balaban J connectivity index is 1.54. The van der Waals surface area contributed by atoms with Crippen LogP contribution in [0.15, 0.2) is 89.2 Å². The third-order valence-corrected chi connectivity index (χ3v) is 8.86. The van der Waals surface area contributed by atoms with Crippen LogP contribution in [0.1, 0.15) is 0 Å². The van der Waals surface area contributed by atoms with E-state index < -0.39 is 20.0 Å². The number of hydrogen-bond donors (Lipinski definition) is 0. The Hall–Kier alpha value is -4.43. The summed E-state index contributed by atoms with van der Waals surface area (Å²) in [6.07, 6.45) is 2.90. The Morgan fingerprint density at radius 1 is 0.667 bits per heavy atom. The molecule has 0 unspecified atom stereocenters. The van der Waals surface area contributed by atoms with Gasteiger partial charge in [0.05, 0.1) is 4.90 Å². The second-order valence-corrected chi connectivity index (χ2v) is 11.3. The van der Waals surface area contributed by atoms with E-state index >= 15 is 0 Å². The van der Waals surface area contributed by atoms with Crippen molar-refractivity contribution in [3.63, 3.8) is 0 Å². The molecule has 180 valence electrons. The van der Waals surface area contributed by atoms with Gasteiger partial charge in [0.15, 0.2) is 0 Å². The summed E-state index contributed by atoms with van der Waals surface area (Å²) in [5.41, 5.74) is 2.14. The summed E-state index contributed by atoms with van der Waals surface area (Å²) in [6, 6.07) is 17.9. The molecule has 0 aliphatic heterocycles. The first kappa shape index (κ1) is 22.1. The summed E-state index contributed by atoms with van der Waals surface area (Å²) in [6.45, 7) is 0. The zero-order valence-electron chi connectivity index (χ0n) is 18.5. The van der Waals surface area contributed by atoms with Crippen LogP contribution in [0.3, 0.4) is 0 Å². The highest BCUT2D eigenvalue weighted by Gasteiger charge is 2.27. The number of imidazole rings is 1. The predicted molar refractivity (Wildman–Crippen MR) is 129 cm³/mol. The van der Waals surface area contributed by atoms with Crippen molar-refractivity contribution in [3.05, 3.63) is 79.1 Å². The van der Waals surface area contributed by atoms with Crippen molar-refractivity contribution in [2.24, 2.45) is 7.05 Å². The van der Waals surface area contributed by atoms with Gasteiger partial charge in [-0.2, -0.15) is 16.8 Å². The van der Waals surface area contributed by atoms with E-state index in [0.29, 0.717) is 22.2 Å². The van der Waals surface area contributed by atoms with Crippen LogP contribution in [0.25, 0.3) is 33.2 Å². The topological polar surface area (TPSA) is 148 Å². The lowest BCUT2D eigenvalue weighted by Gasteiger charge is -2.07. The minimum atomic E-state index is -4.11. The maximum Gasteiger partial charge on any atom is 0.318 e. The lowest BCUT2D eigenvalue weighted by Crippen LogP contribution is -2.18. The molecule has 0 aliphatic carbocycles. The second kappa shape index (κ2) is 7.79. The first-order valence-corrected chi connectivity index (χ1v) is 13.4. The van der Waals surface area contributed by atoms with Gasteiger partial charge >= 0.3 is 10.0 Å². The normalized spacial score (nSPS) is 12.5. The molecule has 12 nitrogen and oxygen atoms in total. The van der Waals surface area contributed by atoms with Crippen molar-refractivity contribution in [1.29, 1.82) is 0 Å². The van der Waals surface area contributed by atoms with Gasteiger partial charge in [-0.05, 0) is 24.3 Å². The molecule has 3 aromatic carbocycles. The Bertz CT molecular complexity index is 1990. The molecule has 0 saturated heterocycles. The smallest absolute Gasteiger partial charge is 0.318 e. The fraction of sp³-hybridized carbons (Fsp3) is 0.0455. The zero-order valence-corrected chi connectivity index (χ0v) is 20.2. The fourth-order valence-electron chi connectivity index (χ4n) is 4.01. The highest BCUT2D eigenvalue weighted by Crippen LogP contribution is 2.33. The number of rotatable bonds is 5. The molecule has 0 bridgehead atoms. The van der Waals surface area contributed by atoms with E-state index in [4.69, 9.17) is 0 Å². The maximum atomic E-state index is 13.2. The van der Waals surface area contributed by atoms with Crippen LogP contribution in [0.4, 0.5) is 0 Å². The molecule has 0 saturated carbocycles. The lowest BCUT2D eigenvalue weighted by atomic mass is 10.0. The Morgan fingerprint density at radius 3 is 1.75 bits per heavy atom. The van der Waals surface area contributed by atoms with Crippen molar-refractivity contribution in [1.82, 2.24) is 38.3 Å². The van der Waals surface area contributed by atoms with Crippen LogP contribution < -0.4 is 0 Å². The van der Waals surface area contributed by atoms with Gasteiger partial charge in [-0.15, -0.1) is 18.4 Å². The molecule has 6 aromatic rings. The van der Waals surface area contributed by atoms with Crippen molar-refractivity contribution in [2.75, 3.05) is 0 Å². The van der Waals surface area contributed by atoms with Gasteiger partial charge in [-0.25, -0.2) is 4.98 Å². The molecule has 14 heteroatoms. The predicted octanol–water partition coefficient (Wildman–Crippen LogP) is 2.05. The molecule has 0 radical (unpaired) electrons. The van der Waals surface area contributed by atoms with E-state index in [0.717, 1.165) is 8.17 Å². The highest BCUT2D eigenvalue weighted by molar-refractivity contribution is 7.90. The van der Waals surface area contributed by atoms with Crippen LogP contribution >= 0.6 is 0 Å². The summed E-state index contributed by atoms with van der Waals surface area (Å²) in [5.74, 6) is 0. The lowest BCUT2D eigenvalue weighted by molar-refractivity contribution is 0.562. The van der Waals surface area contributed by atoms with E-state index in [1.54, 1.807) is 61.6 Å². The third-order valence-electron chi connectivity index (χ3n) is 5.69. The fourth-order valence-corrected chi connectivity index (χ4v) is 6.56. The van der Waals surface area contributed by atoms with Crippen LogP contribution in [-0.2, 0) is 27.1 Å². The molecular weight excluding hydrogens is 504 g/mol. The molecule has 6 rings (SSSR count). The molecular formula is C22H16N8O4S2. The SMILES string of the molecule is Cn1ccnc1S(=O)(=O)n1nnc2c(-c3cccc4c3nnn4S(=O)(=O)c3ccccc3)cccc21. The minimum Gasteiger partial charge on any atom is -0.323 e. The quantitative estimate of drug-likeness (QED) is 0.333. The summed E-state index contributed by atoms with van der Waals surface area (Å²) in [4.78, 5) is 4.01. The van der Waals surface area contributed by atoms with Gasteiger partial charge in [-0.1, -0.05) is 52.9 Å². The summed E-state index contributed by atoms with van der Waals surface area (Å²) in [5, 5.41) is 15.9. The molecule has 0 fully saturated rings. The number of nitrogens with zero attached hydrogens (tertiary/aromatic N) is 8. The first-order chi connectivity index (χ1) is 17.3. The number of fused-ring (bicyclic) bond motifs is 2. The molecule has 3 heterocycles. The standard InChI is InChI=1S/C22H16N8O4S2/c1-28-14-13-23-22(28)36(33,34)30-19-12-6-10-17(21(19)25-27-30)16-9-5-11-18-20(16)24-26-29(18)35(31,32)15-7-3-2-4-8-15/h2-14H,1H3. The van der Waals surface area contributed by atoms with Crippen LogP contribution in [0.2, 0.25) is 0 Å². The van der Waals surface area contributed by atoms with Crippen molar-refractivity contribution in [2.45, 2.75) is 10.1 Å². The van der Waals surface area contributed by atoms with Crippen LogP contribution in [-0.4, -0.2) is 55.2 Å². The number of aromatic nitrogens is 8. The monoisotopic (exact) mass is 520 g/mol. The van der Waals surface area contributed by atoms with Crippen molar-refractivity contribution < 1.29 is 16.8 Å². The van der Waals surface area contributed by atoms with E-state index in [-0.39, 0.29) is 21.1 Å². The van der Waals surface area contributed by atoms with E-state index in [1.807, 2.05) is 0 Å². The van der Waals surface area contributed by atoms with E-state index in [2.05, 4.69) is 25.6 Å². The summed E-state index contributed by atoms with van der Waals surface area (Å²) < 4.78 is 55.8. The van der Waals surface area contributed by atoms with Gasteiger partial charge in [-0.3, -0.25) is 0 Å². The molecule has 0 amide bonds. The average Bonchev–Trinajstić information content (AvgIpc) is 3.62. The average molecular weight is 521 g/mol.